The average molecular weight is 269 g/mol. The van der Waals surface area contributed by atoms with Crippen LogP contribution in [0.4, 0.5) is 0 Å². The second-order valence-electron chi connectivity index (χ2n) is 3.99. The van der Waals surface area contributed by atoms with E-state index in [4.69, 9.17) is 10.9 Å². The van der Waals surface area contributed by atoms with Gasteiger partial charge >= 0.3 is 0 Å². The minimum absolute atomic E-state index is 0.0364. The van der Waals surface area contributed by atoms with Gasteiger partial charge in [-0.2, -0.15) is 0 Å². The van der Waals surface area contributed by atoms with Crippen molar-refractivity contribution in [2.24, 2.45) is 10.9 Å². The lowest BCUT2D eigenvalue weighted by Gasteiger charge is -2.18. The van der Waals surface area contributed by atoms with Crippen LogP contribution in [-0.4, -0.2) is 33.8 Å². The standard InChI is InChI=1S/C12H19N3O2S/c1-18(17)8-7-14-11(9-12(13)15-16)10-5-3-2-4-6-10/h2-6,11,14,16H,7-9H2,1H3,(H2,13,15). The lowest BCUT2D eigenvalue weighted by Crippen LogP contribution is -2.29. The highest BCUT2D eigenvalue weighted by atomic mass is 32.2. The van der Waals surface area contributed by atoms with Gasteiger partial charge in [-0.15, -0.1) is 0 Å². The second kappa shape index (κ2) is 7.84. The Balaban J connectivity index is 2.66. The highest BCUT2D eigenvalue weighted by Gasteiger charge is 2.12. The van der Waals surface area contributed by atoms with Crippen molar-refractivity contribution < 1.29 is 9.42 Å². The first-order chi connectivity index (χ1) is 8.63. The number of amidine groups is 1. The van der Waals surface area contributed by atoms with E-state index < -0.39 is 10.8 Å². The molecule has 0 aliphatic carbocycles. The van der Waals surface area contributed by atoms with Crippen LogP contribution in [-0.2, 0) is 10.8 Å². The Bertz CT molecular complexity index is 409. The molecule has 0 aromatic heterocycles. The quantitative estimate of drug-likeness (QED) is 0.296. The van der Waals surface area contributed by atoms with E-state index in [9.17, 15) is 4.21 Å². The maximum Gasteiger partial charge on any atom is 0.141 e. The Kier molecular flexibility index (Phi) is 6.38. The van der Waals surface area contributed by atoms with Gasteiger partial charge in [-0.3, -0.25) is 4.21 Å². The Hall–Kier alpha value is -1.40. The predicted molar refractivity (Wildman–Crippen MR) is 74.1 cm³/mol. The first kappa shape index (κ1) is 14.7. The molecule has 2 atom stereocenters. The summed E-state index contributed by atoms with van der Waals surface area (Å²) < 4.78 is 11.0. The van der Waals surface area contributed by atoms with Crippen LogP contribution in [0.5, 0.6) is 0 Å². The predicted octanol–water partition coefficient (Wildman–Crippen LogP) is 0.832. The van der Waals surface area contributed by atoms with Gasteiger partial charge in [-0.1, -0.05) is 35.5 Å². The molecule has 100 valence electrons. The van der Waals surface area contributed by atoms with Crippen molar-refractivity contribution in [1.82, 2.24) is 5.32 Å². The van der Waals surface area contributed by atoms with Crippen LogP contribution in [0.2, 0.25) is 0 Å². The number of oxime groups is 1. The molecule has 0 aliphatic rings. The third-order valence-corrected chi connectivity index (χ3v) is 3.30. The van der Waals surface area contributed by atoms with Crippen LogP contribution in [0.3, 0.4) is 0 Å². The van der Waals surface area contributed by atoms with Crippen molar-refractivity contribution in [2.75, 3.05) is 18.6 Å². The number of nitrogens with one attached hydrogen (secondary N) is 1. The van der Waals surface area contributed by atoms with Crippen molar-refractivity contribution >= 4 is 16.6 Å². The molecule has 0 amide bonds. The topological polar surface area (TPSA) is 87.7 Å². The third-order valence-electron chi connectivity index (χ3n) is 2.52. The van der Waals surface area contributed by atoms with Crippen LogP contribution >= 0.6 is 0 Å². The normalized spacial score (nSPS) is 15.3. The number of hydrogen-bond acceptors (Lipinski definition) is 4. The molecular weight excluding hydrogens is 250 g/mol. The molecule has 1 rings (SSSR count). The number of nitrogens with zero attached hydrogens (tertiary/aromatic N) is 1. The van der Waals surface area contributed by atoms with Gasteiger partial charge in [0.05, 0.1) is 0 Å². The molecule has 18 heavy (non-hydrogen) atoms. The van der Waals surface area contributed by atoms with Crippen molar-refractivity contribution in [3.8, 4) is 0 Å². The summed E-state index contributed by atoms with van der Waals surface area (Å²) in [5.74, 6) is 0.758. The Morgan fingerprint density at radius 3 is 2.72 bits per heavy atom. The van der Waals surface area contributed by atoms with Crippen LogP contribution in [0.25, 0.3) is 0 Å². The average Bonchev–Trinajstić information content (AvgIpc) is 2.38. The zero-order chi connectivity index (χ0) is 13.4. The summed E-state index contributed by atoms with van der Waals surface area (Å²) >= 11 is 0. The first-order valence-electron chi connectivity index (χ1n) is 5.68. The Morgan fingerprint density at radius 1 is 1.50 bits per heavy atom. The van der Waals surface area contributed by atoms with Gasteiger partial charge in [-0.05, 0) is 5.56 Å². The SMILES string of the molecule is CS(=O)CCNC(C/C(N)=N/O)c1ccccc1. The van der Waals surface area contributed by atoms with Crippen LogP contribution in [0.15, 0.2) is 35.5 Å². The molecule has 5 nitrogen and oxygen atoms in total. The summed E-state index contributed by atoms with van der Waals surface area (Å²) in [4.78, 5) is 0. The maximum atomic E-state index is 11.0. The molecule has 0 saturated carbocycles. The zero-order valence-electron chi connectivity index (χ0n) is 10.4. The number of hydrogen-bond donors (Lipinski definition) is 3. The van der Waals surface area contributed by atoms with E-state index >= 15 is 0 Å². The molecule has 1 aromatic rings. The highest BCUT2D eigenvalue weighted by Crippen LogP contribution is 2.16. The summed E-state index contributed by atoms with van der Waals surface area (Å²) in [6.45, 7) is 0.626. The molecule has 0 radical (unpaired) electrons. The highest BCUT2D eigenvalue weighted by molar-refractivity contribution is 7.84. The van der Waals surface area contributed by atoms with E-state index in [2.05, 4.69) is 10.5 Å². The van der Waals surface area contributed by atoms with Gasteiger partial charge in [-0.25, -0.2) is 0 Å². The first-order valence-corrected chi connectivity index (χ1v) is 7.41. The van der Waals surface area contributed by atoms with E-state index in [0.29, 0.717) is 18.7 Å². The van der Waals surface area contributed by atoms with E-state index in [0.717, 1.165) is 5.56 Å². The second-order valence-corrected chi connectivity index (χ2v) is 5.54. The van der Waals surface area contributed by atoms with Crippen LogP contribution in [0.1, 0.15) is 18.0 Å². The van der Waals surface area contributed by atoms with Gasteiger partial charge in [0.25, 0.3) is 0 Å². The largest absolute Gasteiger partial charge is 0.409 e. The molecule has 0 aliphatic heterocycles. The van der Waals surface area contributed by atoms with Crippen LogP contribution < -0.4 is 11.1 Å². The number of rotatable bonds is 7. The fourth-order valence-corrected chi connectivity index (χ4v) is 2.03. The summed E-state index contributed by atoms with van der Waals surface area (Å²) in [5, 5.41) is 14.9. The maximum absolute atomic E-state index is 11.0. The minimum Gasteiger partial charge on any atom is -0.409 e. The van der Waals surface area contributed by atoms with Crippen molar-refractivity contribution in [3.05, 3.63) is 35.9 Å². The molecule has 2 unspecified atom stereocenters. The molecule has 4 N–H and O–H groups in total. The molecule has 0 fully saturated rings. The lowest BCUT2D eigenvalue weighted by molar-refractivity contribution is 0.315. The minimum atomic E-state index is -0.826. The molecule has 0 spiro atoms. The number of nitrogens with two attached hydrogens (primary N) is 1. The van der Waals surface area contributed by atoms with E-state index in [1.54, 1.807) is 6.26 Å². The van der Waals surface area contributed by atoms with E-state index in [-0.39, 0.29) is 11.9 Å². The molecule has 0 bridgehead atoms. The molecule has 1 aromatic carbocycles. The fourth-order valence-electron chi connectivity index (χ4n) is 1.62. The lowest BCUT2D eigenvalue weighted by atomic mass is 10.0. The smallest absolute Gasteiger partial charge is 0.141 e. The van der Waals surface area contributed by atoms with Gasteiger partial charge in [0.15, 0.2) is 0 Å². The molecule has 6 heteroatoms. The van der Waals surface area contributed by atoms with Crippen LogP contribution in [0, 0.1) is 0 Å². The summed E-state index contributed by atoms with van der Waals surface area (Å²) in [6, 6.07) is 9.73. The van der Waals surface area contributed by atoms with Gasteiger partial charge in [0, 0.05) is 41.8 Å². The van der Waals surface area contributed by atoms with Gasteiger partial charge in [0.1, 0.15) is 5.84 Å². The zero-order valence-corrected chi connectivity index (χ0v) is 11.2. The van der Waals surface area contributed by atoms with E-state index in [1.807, 2.05) is 30.3 Å². The third kappa shape index (κ3) is 5.29. The summed E-state index contributed by atoms with van der Waals surface area (Å²) in [6.07, 6.45) is 2.08. The van der Waals surface area contributed by atoms with Crippen molar-refractivity contribution in [1.29, 1.82) is 0 Å². The fraction of sp³-hybridized carbons (Fsp3) is 0.417. The number of benzene rings is 1. The van der Waals surface area contributed by atoms with Crippen molar-refractivity contribution in [3.63, 3.8) is 0 Å². The van der Waals surface area contributed by atoms with Crippen molar-refractivity contribution in [2.45, 2.75) is 12.5 Å². The molecule has 0 heterocycles. The molecule has 0 saturated heterocycles. The van der Waals surface area contributed by atoms with E-state index in [1.165, 1.54) is 0 Å². The molecular formula is C12H19N3O2S. The Morgan fingerprint density at radius 2 is 2.17 bits per heavy atom. The summed E-state index contributed by atoms with van der Waals surface area (Å²) in [5.41, 5.74) is 6.60. The van der Waals surface area contributed by atoms with Gasteiger partial charge in [0.2, 0.25) is 0 Å². The monoisotopic (exact) mass is 269 g/mol. The Labute approximate surface area is 110 Å². The summed E-state index contributed by atoms with van der Waals surface area (Å²) in [7, 11) is -0.826. The van der Waals surface area contributed by atoms with Gasteiger partial charge < -0.3 is 16.3 Å².